The van der Waals surface area contributed by atoms with Crippen molar-refractivity contribution in [1.29, 1.82) is 0 Å². The molecule has 0 atom stereocenters. The van der Waals surface area contributed by atoms with E-state index in [4.69, 9.17) is 9.47 Å². The fourth-order valence-electron chi connectivity index (χ4n) is 1.62. The summed E-state index contributed by atoms with van der Waals surface area (Å²) in [5.41, 5.74) is -0.0562. The molecule has 0 aliphatic carbocycles. The van der Waals surface area contributed by atoms with Gasteiger partial charge in [-0.2, -0.15) is 0 Å². The standard InChI is InChI=1S/C13H15NO4/c1-13(2,3)18-12(16)14-8-11(15)17-10-7-5-4-6-9(10)14/h4-7H,8H2,1-3H3. The second-order valence-corrected chi connectivity index (χ2v) is 5.01. The molecule has 1 aliphatic rings. The average Bonchev–Trinajstić information content (AvgIpc) is 2.25. The number of hydrogen-bond acceptors (Lipinski definition) is 4. The maximum absolute atomic E-state index is 12.0. The molecule has 0 saturated heterocycles. The van der Waals surface area contributed by atoms with E-state index in [1.807, 2.05) is 0 Å². The van der Waals surface area contributed by atoms with Gasteiger partial charge < -0.3 is 9.47 Å². The zero-order valence-electron chi connectivity index (χ0n) is 10.6. The predicted octanol–water partition coefficient (Wildman–Crippen LogP) is 2.35. The summed E-state index contributed by atoms with van der Waals surface area (Å²) in [6.45, 7) is 5.20. The quantitative estimate of drug-likeness (QED) is 0.523. The number of fused-ring (bicyclic) bond motifs is 1. The maximum Gasteiger partial charge on any atom is 0.415 e. The summed E-state index contributed by atoms with van der Waals surface area (Å²) < 4.78 is 10.3. The van der Waals surface area contributed by atoms with Gasteiger partial charge in [0.2, 0.25) is 0 Å². The third-order valence-corrected chi connectivity index (χ3v) is 2.28. The highest BCUT2D eigenvalue weighted by molar-refractivity contribution is 5.98. The van der Waals surface area contributed by atoms with Crippen molar-refractivity contribution in [2.75, 3.05) is 11.4 Å². The highest BCUT2D eigenvalue weighted by atomic mass is 16.6. The Morgan fingerprint density at radius 2 is 2.00 bits per heavy atom. The van der Waals surface area contributed by atoms with Crippen molar-refractivity contribution in [1.82, 2.24) is 0 Å². The molecule has 1 amide bonds. The highest BCUT2D eigenvalue weighted by Crippen LogP contribution is 2.32. The minimum Gasteiger partial charge on any atom is -0.443 e. The smallest absolute Gasteiger partial charge is 0.415 e. The number of para-hydroxylation sites is 2. The molecule has 0 N–H and O–H groups in total. The number of ether oxygens (including phenoxy) is 2. The number of carbonyl (C=O) groups is 2. The van der Waals surface area contributed by atoms with Crippen LogP contribution in [0.25, 0.3) is 0 Å². The Bertz CT molecular complexity index is 490. The van der Waals surface area contributed by atoms with E-state index in [0.717, 1.165) is 0 Å². The molecule has 0 unspecified atom stereocenters. The molecule has 0 aromatic heterocycles. The molecule has 0 saturated carbocycles. The van der Waals surface area contributed by atoms with Crippen LogP contribution in [-0.2, 0) is 9.53 Å². The fourth-order valence-corrected chi connectivity index (χ4v) is 1.62. The summed E-state index contributed by atoms with van der Waals surface area (Å²) in [6.07, 6.45) is -0.549. The molecule has 96 valence electrons. The van der Waals surface area contributed by atoms with Gasteiger partial charge in [-0.3, -0.25) is 4.90 Å². The van der Waals surface area contributed by atoms with E-state index in [0.29, 0.717) is 11.4 Å². The van der Waals surface area contributed by atoms with Gasteiger partial charge in [-0.15, -0.1) is 0 Å². The molecule has 2 rings (SSSR count). The van der Waals surface area contributed by atoms with Gasteiger partial charge in [0.25, 0.3) is 0 Å². The third-order valence-electron chi connectivity index (χ3n) is 2.28. The molecular formula is C13H15NO4. The van der Waals surface area contributed by atoms with Crippen molar-refractivity contribution in [3.05, 3.63) is 24.3 Å². The van der Waals surface area contributed by atoms with Gasteiger partial charge in [-0.1, -0.05) is 12.1 Å². The van der Waals surface area contributed by atoms with Crippen LogP contribution in [0, 0.1) is 0 Å². The molecule has 1 aromatic rings. The highest BCUT2D eigenvalue weighted by Gasteiger charge is 2.31. The van der Waals surface area contributed by atoms with Gasteiger partial charge >= 0.3 is 12.1 Å². The minimum atomic E-state index is -0.604. The number of amides is 1. The molecule has 1 heterocycles. The monoisotopic (exact) mass is 249 g/mol. The van der Waals surface area contributed by atoms with E-state index in [1.165, 1.54) is 4.90 Å². The Morgan fingerprint density at radius 1 is 1.33 bits per heavy atom. The number of hydrogen-bond donors (Lipinski definition) is 0. The maximum atomic E-state index is 12.0. The van der Waals surface area contributed by atoms with Gasteiger partial charge in [-0.05, 0) is 32.9 Å². The molecule has 0 spiro atoms. The molecular weight excluding hydrogens is 234 g/mol. The van der Waals surface area contributed by atoms with Crippen molar-refractivity contribution in [2.24, 2.45) is 0 Å². The molecule has 5 nitrogen and oxygen atoms in total. The van der Waals surface area contributed by atoms with Crippen molar-refractivity contribution in [2.45, 2.75) is 26.4 Å². The van der Waals surface area contributed by atoms with E-state index in [9.17, 15) is 9.59 Å². The largest absolute Gasteiger partial charge is 0.443 e. The Morgan fingerprint density at radius 3 is 2.67 bits per heavy atom. The summed E-state index contributed by atoms with van der Waals surface area (Å²) in [5, 5.41) is 0. The van der Waals surface area contributed by atoms with Crippen LogP contribution in [0.3, 0.4) is 0 Å². The molecule has 1 aliphatic heterocycles. The summed E-state index contributed by atoms with van der Waals surface area (Å²) in [6, 6.07) is 6.87. The topological polar surface area (TPSA) is 55.8 Å². The summed E-state index contributed by atoms with van der Waals surface area (Å²) in [5.74, 6) is -0.0980. The Hall–Kier alpha value is -2.04. The normalized spacial score (nSPS) is 14.8. The summed E-state index contributed by atoms with van der Waals surface area (Å²) in [4.78, 5) is 24.7. The van der Waals surface area contributed by atoms with Crippen molar-refractivity contribution < 1.29 is 19.1 Å². The van der Waals surface area contributed by atoms with Crippen molar-refractivity contribution in [3.8, 4) is 5.75 Å². The zero-order valence-corrected chi connectivity index (χ0v) is 10.6. The number of carbonyl (C=O) groups excluding carboxylic acids is 2. The van der Waals surface area contributed by atoms with Gasteiger partial charge in [0, 0.05) is 0 Å². The number of nitrogens with zero attached hydrogens (tertiary/aromatic N) is 1. The van der Waals surface area contributed by atoms with Crippen LogP contribution < -0.4 is 9.64 Å². The van der Waals surface area contributed by atoms with Gasteiger partial charge in [-0.25, -0.2) is 9.59 Å². The van der Waals surface area contributed by atoms with Crippen LogP contribution in [0.5, 0.6) is 5.75 Å². The van der Waals surface area contributed by atoms with Crippen LogP contribution in [0.4, 0.5) is 10.5 Å². The molecule has 18 heavy (non-hydrogen) atoms. The van der Waals surface area contributed by atoms with E-state index in [-0.39, 0.29) is 6.54 Å². The first-order valence-electron chi connectivity index (χ1n) is 5.67. The third kappa shape index (κ3) is 2.61. The SMILES string of the molecule is CC(C)(C)OC(=O)N1CC(=O)Oc2ccccc21. The Balaban J connectivity index is 2.29. The van der Waals surface area contributed by atoms with Gasteiger partial charge in [0.1, 0.15) is 12.1 Å². The lowest BCUT2D eigenvalue weighted by molar-refractivity contribution is -0.133. The van der Waals surface area contributed by atoms with Crippen LogP contribution in [-0.4, -0.2) is 24.2 Å². The molecule has 5 heteroatoms. The van der Waals surface area contributed by atoms with Crippen LogP contribution in [0.15, 0.2) is 24.3 Å². The number of esters is 1. The zero-order chi connectivity index (χ0) is 13.3. The summed E-state index contributed by atoms with van der Waals surface area (Å²) in [7, 11) is 0. The Labute approximate surface area is 105 Å². The van der Waals surface area contributed by atoms with Crippen LogP contribution in [0.2, 0.25) is 0 Å². The van der Waals surface area contributed by atoms with Crippen LogP contribution in [0.1, 0.15) is 20.8 Å². The number of rotatable bonds is 0. The Kier molecular flexibility index (Phi) is 2.98. The summed E-state index contributed by atoms with van der Waals surface area (Å²) >= 11 is 0. The average molecular weight is 249 g/mol. The molecule has 0 bridgehead atoms. The second-order valence-electron chi connectivity index (χ2n) is 5.01. The second kappa shape index (κ2) is 4.33. The number of benzene rings is 1. The van der Waals surface area contributed by atoms with Crippen LogP contribution >= 0.6 is 0 Å². The van der Waals surface area contributed by atoms with E-state index < -0.39 is 17.7 Å². The van der Waals surface area contributed by atoms with E-state index in [1.54, 1.807) is 45.0 Å². The molecule has 0 radical (unpaired) electrons. The van der Waals surface area contributed by atoms with Crippen molar-refractivity contribution in [3.63, 3.8) is 0 Å². The van der Waals surface area contributed by atoms with E-state index in [2.05, 4.69) is 0 Å². The lowest BCUT2D eigenvalue weighted by Gasteiger charge is -2.30. The first-order valence-corrected chi connectivity index (χ1v) is 5.67. The first-order chi connectivity index (χ1) is 8.37. The lowest BCUT2D eigenvalue weighted by Crippen LogP contribution is -2.43. The van der Waals surface area contributed by atoms with Gasteiger partial charge in [0.15, 0.2) is 5.75 Å². The first kappa shape index (κ1) is 12.4. The predicted molar refractivity (Wildman–Crippen MR) is 65.7 cm³/mol. The number of anilines is 1. The fraction of sp³-hybridized carbons (Fsp3) is 0.385. The van der Waals surface area contributed by atoms with E-state index >= 15 is 0 Å². The van der Waals surface area contributed by atoms with Gasteiger partial charge in [0.05, 0.1) is 5.69 Å². The lowest BCUT2D eigenvalue weighted by atomic mass is 10.2. The minimum absolute atomic E-state index is 0.133. The van der Waals surface area contributed by atoms with Crippen molar-refractivity contribution >= 4 is 17.7 Å². The molecule has 0 fully saturated rings. The molecule has 1 aromatic carbocycles.